The van der Waals surface area contributed by atoms with Gasteiger partial charge in [0.2, 0.25) is 0 Å². The van der Waals surface area contributed by atoms with Gasteiger partial charge in [-0.25, -0.2) is 24.5 Å². The first kappa shape index (κ1) is 23.8. The van der Waals surface area contributed by atoms with Gasteiger partial charge in [-0.2, -0.15) is 0 Å². The highest BCUT2D eigenvalue weighted by atomic mass is 16.8. The third kappa shape index (κ3) is 4.66. The summed E-state index contributed by atoms with van der Waals surface area (Å²) in [5.74, 6) is -2.75. The Morgan fingerprint density at radius 2 is 1.94 bits per heavy atom. The van der Waals surface area contributed by atoms with Crippen molar-refractivity contribution in [3.05, 3.63) is 12.7 Å². The number of carboxylic acid groups (broad SMARTS) is 2. The fourth-order valence-corrected chi connectivity index (χ4v) is 4.74. The summed E-state index contributed by atoms with van der Waals surface area (Å²) in [6.07, 6.45) is 3.82. The van der Waals surface area contributed by atoms with E-state index in [1.54, 1.807) is 6.33 Å². The molecule has 4 rings (SSSR count). The van der Waals surface area contributed by atoms with Gasteiger partial charge in [-0.3, -0.25) is 10.1 Å². The zero-order valence-electron chi connectivity index (χ0n) is 19.1. The van der Waals surface area contributed by atoms with Crippen LogP contribution in [0, 0.1) is 5.92 Å². The van der Waals surface area contributed by atoms with Gasteiger partial charge in [0.25, 0.3) is 0 Å². The van der Waals surface area contributed by atoms with Crippen LogP contribution in [0.4, 0.5) is 10.6 Å². The molecule has 184 valence electrons. The SMILES string of the molecule is CC[C@H]1C[C@@H](n2cnc3c(NC(=O)N[C@@H](CCC(=O)O)C(=O)O)ncnc32)[C@@H]2OC(C)(C)O[C@H]12. The molecule has 0 radical (unpaired) electrons. The van der Waals surface area contributed by atoms with Crippen molar-refractivity contribution in [3.8, 4) is 0 Å². The van der Waals surface area contributed by atoms with E-state index in [-0.39, 0.29) is 30.5 Å². The Bertz CT molecular complexity index is 1100. The van der Waals surface area contributed by atoms with Gasteiger partial charge in [0.05, 0.1) is 18.5 Å². The van der Waals surface area contributed by atoms with Gasteiger partial charge in [-0.15, -0.1) is 0 Å². The molecule has 1 aliphatic heterocycles. The van der Waals surface area contributed by atoms with Crippen LogP contribution >= 0.6 is 0 Å². The number of anilines is 1. The number of carbonyl (C=O) groups is 3. The summed E-state index contributed by atoms with van der Waals surface area (Å²) in [7, 11) is 0. The lowest BCUT2D eigenvalue weighted by atomic mass is 10.0. The highest BCUT2D eigenvalue weighted by molar-refractivity contribution is 5.97. The van der Waals surface area contributed by atoms with Crippen molar-refractivity contribution in [2.45, 2.75) is 76.5 Å². The summed E-state index contributed by atoms with van der Waals surface area (Å²) in [4.78, 5) is 47.3. The molecule has 34 heavy (non-hydrogen) atoms. The molecule has 0 unspecified atom stereocenters. The molecular weight excluding hydrogens is 448 g/mol. The lowest BCUT2D eigenvalue weighted by Gasteiger charge is -2.24. The van der Waals surface area contributed by atoms with Gasteiger partial charge in [-0.05, 0) is 32.6 Å². The van der Waals surface area contributed by atoms with E-state index in [4.69, 9.17) is 14.6 Å². The van der Waals surface area contributed by atoms with Gasteiger partial charge in [0, 0.05) is 6.42 Å². The molecule has 2 amide bonds. The Labute approximate surface area is 194 Å². The largest absolute Gasteiger partial charge is 0.481 e. The van der Waals surface area contributed by atoms with E-state index in [1.807, 2.05) is 18.4 Å². The predicted molar refractivity (Wildman–Crippen MR) is 117 cm³/mol. The predicted octanol–water partition coefficient (Wildman–Crippen LogP) is 1.76. The van der Waals surface area contributed by atoms with Gasteiger partial charge < -0.3 is 29.6 Å². The Hall–Kier alpha value is -3.32. The minimum Gasteiger partial charge on any atom is -0.481 e. The minimum atomic E-state index is -1.37. The first-order chi connectivity index (χ1) is 16.1. The molecule has 13 nitrogen and oxygen atoms in total. The normalized spacial score (nSPS) is 26.2. The number of aromatic nitrogens is 4. The van der Waals surface area contributed by atoms with Crippen LogP contribution in [0.2, 0.25) is 0 Å². The summed E-state index contributed by atoms with van der Waals surface area (Å²) in [5, 5.41) is 22.8. The Kier molecular flexibility index (Phi) is 6.41. The van der Waals surface area contributed by atoms with Crippen LogP contribution in [0.15, 0.2) is 12.7 Å². The van der Waals surface area contributed by atoms with Crippen LogP contribution in [0.3, 0.4) is 0 Å². The second kappa shape index (κ2) is 9.14. The Morgan fingerprint density at radius 3 is 2.62 bits per heavy atom. The summed E-state index contributed by atoms with van der Waals surface area (Å²) in [6.45, 7) is 5.91. The number of nitrogens with one attached hydrogen (secondary N) is 2. The van der Waals surface area contributed by atoms with Crippen molar-refractivity contribution in [1.82, 2.24) is 24.8 Å². The number of ether oxygens (including phenoxy) is 2. The first-order valence-corrected chi connectivity index (χ1v) is 11.1. The zero-order chi connectivity index (χ0) is 24.6. The molecular formula is C21H28N6O7. The third-order valence-electron chi connectivity index (χ3n) is 6.27. The lowest BCUT2D eigenvalue weighted by molar-refractivity contribution is -0.160. The highest BCUT2D eigenvalue weighted by Gasteiger charge is 2.54. The fourth-order valence-electron chi connectivity index (χ4n) is 4.74. The number of aliphatic carboxylic acids is 2. The monoisotopic (exact) mass is 476 g/mol. The molecule has 1 saturated heterocycles. The smallest absolute Gasteiger partial charge is 0.326 e. The molecule has 0 aromatic carbocycles. The second-order valence-electron chi connectivity index (χ2n) is 9.00. The van der Waals surface area contributed by atoms with Crippen molar-refractivity contribution in [2.75, 3.05) is 5.32 Å². The van der Waals surface area contributed by atoms with Crippen LogP contribution in [0.1, 0.15) is 52.5 Å². The molecule has 2 aliphatic rings. The van der Waals surface area contributed by atoms with Gasteiger partial charge in [0.15, 0.2) is 22.8 Å². The second-order valence-corrected chi connectivity index (χ2v) is 9.00. The van der Waals surface area contributed by atoms with Crippen LogP contribution < -0.4 is 10.6 Å². The third-order valence-corrected chi connectivity index (χ3v) is 6.27. The standard InChI is InChI=1S/C21H28N6O7/c1-4-10-7-12(16-15(10)33-21(2,3)34-16)27-9-24-14-17(22-8-23-18(14)27)26-20(32)25-11(19(30)31)5-6-13(28)29/h8-12,15-16H,4-7H2,1-3H3,(H,28,29)(H,30,31)(H2,22,23,25,26,32)/t10-,11-,12+,15+,16-/m0/s1. The maximum Gasteiger partial charge on any atom is 0.326 e. The average molecular weight is 476 g/mol. The number of rotatable bonds is 8. The van der Waals surface area contributed by atoms with Gasteiger partial charge in [0.1, 0.15) is 18.5 Å². The molecule has 2 aromatic rings. The van der Waals surface area contributed by atoms with Gasteiger partial charge >= 0.3 is 18.0 Å². The number of imidazole rings is 1. The van der Waals surface area contributed by atoms with E-state index < -0.39 is 36.2 Å². The van der Waals surface area contributed by atoms with E-state index in [0.29, 0.717) is 17.1 Å². The molecule has 2 aromatic heterocycles. The van der Waals surface area contributed by atoms with E-state index in [1.165, 1.54) is 6.33 Å². The summed E-state index contributed by atoms with van der Waals surface area (Å²) < 4.78 is 14.3. The Balaban J connectivity index is 1.54. The number of urea groups is 1. The zero-order valence-corrected chi connectivity index (χ0v) is 19.1. The lowest BCUT2D eigenvalue weighted by Crippen LogP contribution is -2.43. The van der Waals surface area contributed by atoms with E-state index in [0.717, 1.165) is 12.8 Å². The van der Waals surface area contributed by atoms with Crippen LogP contribution in [0.5, 0.6) is 0 Å². The number of nitrogens with zero attached hydrogens (tertiary/aromatic N) is 4. The molecule has 3 heterocycles. The van der Waals surface area contributed by atoms with Crippen molar-refractivity contribution in [1.29, 1.82) is 0 Å². The first-order valence-electron chi connectivity index (χ1n) is 11.1. The molecule has 4 N–H and O–H groups in total. The van der Waals surface area contributed by atoms with Gasteiger partial charge in [-0.1, -0.05) is 13.3 Å². The molecule has 13 heteroatoms. The number of hydrogen-bond acceptors (Lipinski definition) is 8. The fraction of sp³-hybridized carbons (Fsp3) is 0.619. The topological polar surface area (TPSA) is 178 Å². The minimum absolute atomic E-state index is 0.0357. The molecule has 0 spiro atoms. The van der Waals surface area contributed by atoms with E-state index >= 15 is 0 Å². The van der Waals surface area contributed by atoms with Crippen molar-refractivity contribution in [2.24, 2.45) is 5.92 Å². The Morgan fingerprint density at radius 1 is 1.21 bits per heavy atom. The van der Waals surface area contributed by atoms with Crippen LogP contribution in [-0.4, -0.2) is 71.7 Å². The average Bonchev–Trinajstić information content (AvgIpc) is 3.41. The summed E-state index contributed by atoms with van der Waals surface area (Å²) in [5.41, 5.74) is 0.838. The maximum absolute atomic E-state index is 12.4. The molecule has 2 fully saturated rings. The van der Waals surface area contributed by atoms with E-state index in [9.17, 15) is 19.5 Å². The molecule has 0 bridgehead atoms. The highest BCUT2D eigenvalue weighted by Crippen LogP contribution is 2.48. The van der Waals surface area contributed by atoms with Crippen LogP contribution in [-0.2, 0) is 19.1 Å². The van der Waals surface area contributed by atoms with Crippen molar-refractivity contribution >= 4 is 35.0 Å². The number of amides is 2. The molecule has 1 saturated carbocycles. The summed E-state index contributed by atoms with van der Waals surface area (Å²) >= 11 is 0. The van der Waals surface area contributed by atoms with Crippen LogP contribution in [0.25, 0.3) is 11.2 Å². The summed E-state index contributed by atoms with van der Waals surface area (Å²) in [6, 6.07) is -2.27. The van der Waals surface area contributed by atoms with E-state index in [2.05, 4.69) is 32.5 Å². The van der Waals surface area contributed by atoms with Crippen molar-refractivity contribution < 1.29 is 34.1 Å². The number of hydrogen-bond donors (Lipinski definition) is 4. The van der Waals surface area contributed by atoms with Crippen molar-refractivity contribution in [3.63, 3.8) is 0 Å². The maximum atomic E-state index is 12.4. The number of carbonyl (C=O) groups excluding carboxylic acids is 1. The quantitative estimate of drug-likeness (QED) is 0.439. The molecule has 5 atom stereocenters. The number of carboxylic acids is 2. The molecule has 1 aliphatic carbocycles. The number of fused-ring (bicyclic) bond motifs is 2.